The fraction of sp³-hybridized carbons (Fsp3) is 0.500. The maximum atomic E-state index is 2.55. The third kappa shape index (κ3) is 4.45. The van der Waals surface area contributed by atoms with Crippen LogP contribution < -0.4 is 0 Å². The molecule has 0 spiro atoms. The Labute approximate surface area is 103 Å². The Hall–Kier alpha value is -0.180. The van der Waals surface area contributed by atoms with Crippen molar-refractivity contribution < 1.29 is 0 Å². The van der Waals surface area contributed by atoms with Crippen LogP contribution in [-0.2, 0) is 5.75 Å². The van der Waals surface area contributed by atoms with Gasteiger partial charge >= 0.3 is 0 Å². The van der Waals surface area contributed by atoms with Gasteiger partial charge in [0.25, 0.3) is 0 Å². The summed E-state index contributed by atoms with van der Waals surface area (Å²) in [7, 11) is 0. The van der Waals surface area contributed by atoms with Crippen LogP contribution in [0.5, 0.6) is 0 Å². The molecule has 3 heteroatoms. The molecular weight excluding hydrogens is 226 g/mol. The zero-order valence-corrected chi connectivity index (χ0v) is 10.5. The molecule has 0 amide bonds. The highest BCUT2D eigenvalue weighted by molar-refractivity contribution is 7.98. The first-order valence-electron chi connectivity index (χ1n) is 5.29. The van der Waals surface area contributed by atoms with Gasteiger partial charge in [-0.2, -0.15) is 0 Å². The maximum absolute atomic E-state index is 2.55. The number of hydrogen-bond acceptors (Lipinski definition) is 2. The molecule has 1 aliphatic rings. The third-order valence-electron chi connectivity index (χ3n) is 2.58. The number of nitrogens with zero attached hydrogens (tertiary/aromatic N) is 1. The summed E-state index contributed by atoms with van der Waals surface area (Å²) >= 11 is 2.03. The molecule has 0 bridgehead atoms. The minimum atomic E-state index is 0. The van der Waals surface area contributed by atoms with Crippen LogP contribution in [0.3, 0.4) is 0 Å². The molecule has 0 radical (unpaired) electrons. The van der Waals surface area contributed by atoms with Crippen molar-refractivity contribution in [3.63, 3.8) is 0 Å². The van der Waals surface area contributed by atoms with E-state index < -0.39 is 0 Å². The lowest BCUT2D eigenvalue weighted by Crippen LogP contribution is -2.18. The van der Waals surface area contributed by atoms with E-state index >= 15 is 0 Å². The molecule has 0 aliphatic carbocycles. The number of hydrogen-bond donors (Lipinski definition) is 0. The lowest BCUT2D eigenvalue weighted by atomic mass is 10.2. The van der Waals surface area contributed by atoms with Gasteiger partial charge in [0.15, 0.2) is 0 Å². The molecule has 1 aromatic carbocycles. The third-order valence-corrected chi connectivity index (χ3v) is 3.67. The number of halogens is 1. The Morgan fingerprint density at radius 3 is 2.40 bits per heavy atom. The normalized spacial score (nSPS) is 16.3. The quantitative estimate of drug-likeness (QED) is 0.798. The van der Waals surface area contributed by atoms with Gasteiger partial charge in [0.1, 0.15) is 0 Å². The van der Waals surface area contributed by atoms with Crippen LogP contribution >= 0.6 is 24.2 Å². The Bertz CT molecular complexity index is 260. The van der Waals surface area contributed by atoms with Crippen LogP contribution in [-0.4, -0.2) is 23.9 Å². The maximum Gasteiger partial charge on any atom is 0.0447 e. The molecule has 84 valence electrons. The summed E-state index contributed by atoms with van der Waals surface area (Å²) in [5.74, 6) is 2.35. The van der Waals surface area contributed by atoms with Crippen LogP contribution in [0.1, 0.15) is 18.4 Å². The smallest absolute Gasteiger partial charge is 0.0447 e. The lowest BCUT2D eigenvalue weighted by molar-refractivity contribution is 0.401. The summed E-state index contributed by atoms with van der Waals surface area (Å²) < 4.78 is 0. The highest BCUT2D eigenvalue weighted by atomic mass is 35.5. The Balaban J connectivity index is 0.00000112. The molecule has 1 aliphatic heterocycles. The molecule has 1 heterocycles. The van der Waals surface area contributed by atoms with Crippen LogP contribution in [0.4, 0.5) is 0 Å². The van der Waals surface area contributed by atoms with E-state index in [-0.39, 0.29) is 12.4 Å². The predicted octanol–water partition coefficient (Wildman–Crippen LogP) is 3.39. The molecule has 0 N–H and O–H groups in total. The second kappa shape index (κ2) is 7.15. The molecule has 15 heavy (non-hydrogen) atoms. The van der Waals surface area contributed by atoms with Crippen molar-refractivity contribution in [3.8, 4) is 0 Å². The predicted molar refractivity (Wildman–Crippen MR) is 70.7 cm³/mol. The molecular formula is C12H18ClNS. The van der Waals surface area contributed by atoms with Crippen LogP contribution in [0.15, 0.2) is 30.3 Å². The average Bonchev–Trinajstić information content (AvgIpc) is 2.72. The first-order chi connectivity index (χ1) is 6.95. The topological polar surface area (TPSA) is 3.24 Å². The van der Waals surface area contributed by atoms with Crippen molar-refractivity contribution in [2.45, 2.75) is 18.6 Å². The van der Waals surface area contributed by atoms with E-state index in [2.05, 4.69) is 35.2 Å². The van der Waals surface area contributed by atoms with Gasteiger partial charge in [-0.1, -0.05) is 30.3 Å². The number of benzene rings is 1. The van der Waals surface area contributed by atoms with Gasteiger partial charge in [-0.05, 0) is 31.5 Å². The summed E-state index contributed by atoms with van der Waals surface area (Å²) in [5.41, 5.74) is 1.44. The van der Waals surface area contributed by atoms with Gasteiger partial charge in [0.2, 0.25) is 0 Å². The zero-order chi connectivity index (χ0) is 9.64. The summed E-state index contributed by atoms with van der Waals surface area (Å²) in [6, 6.07) is 10.7. The van der Waals surface area contributed by atoms with Crippen molar-refractivity contribution in [1.29, 1.82) is 0 Å². The second-order valence-corrected chi connectivity index (χ2v) is 4.74. The Morgan fingerprint density at radius 2 is 1.73 bits per heavy atom. The standard InChI is InChI=1S/C12H17NS.ClH/c1-2-6-12(7-3-1)10-14-11-13-8-4-5-9-13;/h1-3,6-7H,4-5,8-11H2;1H. The van der Waals surface area contributed by atoms with Crippen molar-refractivity contribution in [2.75, 3.05) is 19.0 Å². The monoisotopic (exact) mass is 243 g/mol. The van der Waals surface area contributed by atoms with Gasteiger partial charge < -0.3 is 0 Å². The van der Waals surface area contributed by atoms with Gasteiger partial charge in [-0.3, -0.25) is 4.90 Å². The molecule has 1 aromatic rings. The molecule has 0 atom stereocenters. The van der Waals surface area contributed by atoms with Crippen LogP contribution in [0, 0.1) is 0 Å². The van der Waals surface area contributed by atoms with Crippen molar-refractivity contribution in [2.24, 2.45) is 0 Å². The lowest BCUT2D eigenvalue weighted by Gasteiger charge is -2.13. The second-order valence-electron chi connectivity index (χ2n) is 3.79. The highest BCUT2D eigenvalue weighted by Crippen LogP contribution is 2.16. The summed E-state index contributed by atoms with van der Waals surface area (Å²) in [5, 5.41) is 0. The first kappa shape index (κ1) is 12.9. The van der Waals surface area contributed by atoms with Crippen molar-refractivity contribution >= 4 is 24.2 Å². The van der Waals surface area contributed by atoms with Gasteiger partial charge in [-0.15, -0.1) is 24.2 Å². The van der Waals surface area contributed by atoms with Gasteiger partial charge in [0.05, 0.1) is 0 Å². The van der Waals surface area contributed by atoms with Gasteiger partial charge in [0, 0.05) is 11.6 Å². The molecule has 1 saturated heterocycles. The summed E-state index contributed by atoms with van der Waals surface area (Å²) in [4.78, 5) is 2.55. The Morgan fingerprint density at radius 1 is 1.07 bits per heavy atom. The van der Waals surface area contributed by atoms with E-state index in [4.69, 9.17) is 0 Å². The number of rotatable bonds is 4. The largest absolute Gasteiger partial charge is 0.294 e. The molecule has 1 nitrogen and oxygen atoms in total. The van der Waals surface area contributed by atoms with Gasteiger partial charge in [-0.25, -0.2) is 0 Å². The zero-order valence-electron chi connectivity index (χ0n) is 8.89. The summed E-state index contributed by atoms with van der Waals surface area (Å²) in [6.07, 6.45) is 2.79. The van der Waals surface area contributed by atoms with E-state index in [9.17, 15) is 0 Å². The minimum Gasteiger partial charge on any atom is -0.294 e. The van der Waals surface area contributed by atoms with Crippen LogP contribution in [0.25, 0.3) is 0 Å². The fourth-order valence-corrected chi connectivity index (χ4v) is 2.81. The van der Waals surface area contributed by atoms with E-state index in [1.165, 1.54) is 37.4 Å². The number of thioether (sulfide) groups is 1. The molecule has 0 aromatic heterocycles. The molecule has 2 rings (SSSR count). The Kier molecular flexibility index (Phi) is 6.15. The van der Waals surface area contributed by atoms with Crippen molar-refractivity contribution in [1.82, 2.24) is 4.90 Å². The molecule has 0 saturated carbocycles. The van der Waals surface area contributed by atoms with E-state index in [1.54, 1.807) is 0 Å². The highest BCUT2D eigenvalue weighted by Gasteiger charge is 2.10. The van der Waals surface area contributed by atoms with Crippen molar-refractivity contribution in [3.05, 3.63) is 35.9 Å². The molecule has 0 unspecified atom stereocenters. The van der Waals surface area contributed by atoms with E-state index in [0.29, 0.717) is 0 Å². The van der Waals surface area contributed by atoms with Crippen LogP contribution in [0.2, 0.25) is 0 Å². The minimum absolute atomic E-state index is 0. The fourth-order valence-electron chi connectivity index (χ4n) is 1.78. The SMILES string of the molecule is Cl.c1ccc(CSCN2CCCC2)cc1. The summed E-state index contributed by atoms with van der Waals surface area (Å²) in [6.45, 7) is 2.61. The molecule has 1 fully saturated rings. The van der Waals surface area contributed by atoms with E-state index in [0.717, 1.165) is 5.75 Å². The van der Waals surface area contributed by atoms with E-state index in [1.807, 2.05) is 11.8 Å². The first-order valence-corrected chi connectivity index (χ1v) is 6.44. The number of likely N-dealkylation sites (tertiary alicyclic amines) is 1. The average molecular weight is 244 g/mol.